The Morgan fingerprint density at radius 2 is 2.04 bits per heavy atom. The minimum atomic E-state index is -1.65. The average molecular weight is 367 g/mol. The number of benzene rings is 1. The molecule has 1 aliphatic rings. The fourth-order valence-electron chi connectivity index (χ4n) is 3.02. The quantitative estimate of drug-likeness (QED) is 0.820. The zero-order valence-electron chi connectivity index (χ0n) is 16.2. The number of amides is 2. The Hall–Kier alpha value is -2.89. The van der Waals surface area contributed by atoms with E-state index in [0.717, 1.165) is 24.0 Å². The first-order valence-electron chi connectivity index (χ1n) is 9.21. The van der Waals surface area contributed by atoms with Gasteiger partial charge in [-0.15, -0.1) is 0 Å². The fourth-order valence-corrected chi connectivity index (χ4v) is 3.02. The van der Waals surface area contributed by atoms with Gasteiger partial charge < -0.3 is 10.1 Å². The molecular formula is C21H25N3O3. The van der Waals surface area contributed by atoms with E-state index in [-0.39, 0.29) is 0 Å². The van der Waals surface area contributed by atoms with Crippen molar-refractivity contribution < 1.29 is 14.3 Å². The predicted molar refractivity (Wildman–Crippen MR) is 105 cm³/mol. The van der Waals surface area contributed by atoms with Gasteiger partial charge in [0.25, 0.3) is 17.4 Å². The van der Waals surface area contributed by atoms with Gasteiger partial charge in [0.2, 0.25) is 0 Å². The van der Waals surface area contributed by atoms with Crippen LogP contribution in [0, 0.1) is 13.8 Å². The monoisotopic (exact) mass is 367 g/mol. The van der Waals surface area contributed by atoms with E-state index >= 15 is 0 Å². The predicted octanol–water partition coefficient (Wildman–Crippen LogP) is 3.62. The van der Waals surface area contributed by atoms with Crippen LogP contribution in [0.5, 0.6) is 5.75 Å². The normalized spacial score (nSPS) is 18.7. The number of anilines is 2. The minimum Gasteiger partial charge on any atom is -0.464 e. The molecule has 27 heavy (non-hydrogen) atoms. The van der Waals surface area contributed by atoms with Crippen LogP contribution >= 0.6 is 0 Å². The van der Waals surface area contributed by atoms with Crippen molar-refractivity contribution in [3.8, 4) is 5.75 Å². The summed E-state index contributed by atoms with van der Waals surface area (Å²) in [7, 11) is 0. The van der Waals surface area contributed by atoms with Crippen LogP contribution in [0.15, 0.2) is 36.5 Å². The molecule has 0 fully saturated rings. The molecule has 0 aliphatic carbocycles. The SMILES string of the molecule is CCCCN1C(=O)[C@@](C)(C(=O)Nc2ccc(C)c(C)c2)Oc2cccnc21. The number of pyridine rings is 1. The summed E-state index contributed by atoms with van der Waals surface area (Å²) < 4.78 is 5.86. The molecule has 1 aliphatic heterocycles. The molecule has 142 valence electrons. The van der Waals surface area contributed by atoms with Gasteiger partial charge in [-0.1, -0.05) is 19.4 Å². The van der Waals surface area contributed by atoms with Crippen molar-refractivity contribution in [3.63, 3.8) is 0 Å². The first kappa shape index (κ1) is 18.9. The summed E-state index contributed by atoms with van der Waals surface area (Å²) in [4.78, 5) is 32.0. The number of rotatable bonds is 5. The van der Waals surface area contributed by atoms with Crippen LogP contribution in [0.1, 0.15) is 37.8 Å². The van der Waals surface area contributed by atoms with Crippen LogP contribution in [0.2, 0.25) is 0 Å². The summed E-state index contributed by atoms with van der Waals surface area (Å²) in [6.45, 7) is 8.04. The van der Waals surface area contributed by atoms with E-state index in [1.165, 1.54) is 6.92 Å². The van der Waals surface area contributed by atoms with Crippen LogP contribution in [0.25, 0.3) is 0 Å². The van der Waals surface area contributed by atoms with Gasteiger partial charge in [0.05, 0.1) is 0 Å². The molecule has 0 saturated carbocycles. The molecule has 0 spiro atoms. The van der Waals surface area contributed by atoms with Gasteiger partial charge in [-0.05, 0) is 62.6 Å². The maximum Gasteiger partial charge on any atom is 0.282 e. The van der Waals surface area contributed by atoms with Gasteiger partial charge >= 0.3 is 0 Å². The van der Waals surface area contributed by atoms with Gasteiger partial charge in [0.15, 0.2) is 11.6 Å². The van der Waals surface area contributed by atoms with E-state index in [0.29, 0.717) is 23.8 Å². The Balaban J connectivity index is 1.92. The number of aryl methyl sites for hydroxylation is 2. The molecule has 0 radical (unpaired) electrons. The number of unbranched alkanes of at least 4 members (excludes halogenated alkanes) is 1. The van der Waals surface area contributed by atoms with Crippen molar-refractivity contribution in [1.82, 2.24) is 4.98 Å². The van der Waals surface area contributed by atoms with Crippen LogP contribution < -0.4 is 15.0 Å². The number of ether oxygens (including phenoxy) is 1. The third-order valence-electron chi connectivity index (χ3n) is 4.91. The summed E-state index contributed by atoms with van der Waals surface area (Å²) in [5.74, 6) is 0.00795. The van der Waals surface area contributed by atoms with Crippen molar-refractivity contribution >= 4 is 23.3 Å². The van der Waals surface area contributed by atoms with Crippen LogP contribution in [0.3, 0.4) is 0 Å². The molecule has 2 heterocycles. The molecule has 2 aromatic rings. The molecule has 2 amide bonds. The smallest absolute Gasteiger partial charge is 0.282 e. The molecule has 6 nitrogen and oxygen atoms in total. The molecule has 3 rings (SSSR count). The van der Waals surface area contributed by atoms with E-state index in [2.05, 4.69) is 17.2 Å². The van der Waals surface area contributed by atoms with Crippen molar-refractivity contribution in [2.75, 3.05) is 16.8 Å². The lowest BCUT2D eigenvalue weighted by atomic mass is 10.00. The number of nitrogens with zero attached hydrogens (tertiary/aromatic N) is 2. The van der Waals surface area contributed by atoms with Crippen LogP contribution in [-0.2, 0) is 9.59 Å². The number of hydrogen-bond acceptors (Lipinski definition) is 4. The highest BCUT2D eigenvalue weighted by molar-refractivity contribution is 6.19. The van der Waals surface area contributed by atoms with E-state index in [4.69, 9.17) is 4.74 Å². The first-order chi connectivity index (χ1) is 12.9. The van der Waals surface area contributed by atoms with Crippen molar-refractivity contribution in [2.45, 2.75) is 46.1 Å². The zero-order chi connectivity index (χ0) is 19.6. The van der Waals surface area contributed by atoms with E-state index in [1.54, 1.807) is 23.2 Å². The minimum absolute atomic E-state index is 0.400. The Bertz CT molecular complexity index is 881. The largest absolute Gasteiger partial charge is 0.464 e. The molecule has 6 heteroatoms. The zero-order valence-corrected chi connectivity index (χ0v) is 16.2. The number of carbonyl (C=O) groups is 2. The van der Waals surface area contributed by atoms with Gasteiger partial charge in [0.1, 0.15) is 0 Å². The molecule has 1 atom stereocenters. The fraction of sp³-hybridized carbons (Fsp3) is 0.381. The maximum atomic E-state index is 13.2. The number of carbonyl (C=O) groups excluding carboxylic acids is 2. The van der Waals surface area contributed by atoms with E-state index < -0.39 is 17.4 Å². The molecule has 0 saturated heterocycles. The Morgan fingerprint density at radius 1 is 1.26 bits per heavy atom. The average Bonchev–Trinajstić information content (AvgIpc) is 2.65. The summed E-state index contributed by atoms with van der Waals surface area (Å²) >= 11 is 0. The number of nitrogens with one attached hydrogen (secondary N) is 1. The third kappa shape index (κ3) is 3.52. The first-order valence-corrected chi connectivity index (χ1v) is 9.21. The second-order valence-electron chi connectivity index (χ2n) is 7.02. The summed E-state index contributed by atoms with van der Waals surface area (Å²) in [6, 6.07) is 9.10. The van der Waals surface area contributed by atoms with Crippen molar-refractivity contribution in [1.29, 1.82) is 0 Å². The van der Waals surface area contributed by atoms with Crippen LogP contribution in [0.4, 0.5) is 11.5 Å². The number of fused-ring (bicyclic) bond motifs is 1. The number of aromatic nitrogens is 1. The lowest BCUT2D eigenvalue weighted by molar-refractivity contribution is -0.145. The highest BCUT2D eigenvalue weighted by atomic mass is 16.5. The van der Waals surface area contributed by atoms with Gasteiger partial charge in [0, 0.05) is 18.4 Å². The van der Waals surface area contributed by atoms with Crippen molar-refractivity contribution in [3.05, 3.63) is 47.7 Å². The maximum absolute atomic E-state index is 13.2. The molecule has 1 aromatic carbocycles. The highest BCUT2D eigenvalue weighted by Crippen LogP contribution is 2.36. The van der Waals surface area contributed by atoms with Crippen molar-refractivity contribution in [2.24, 2.45) is 0 Å². The molecule has 0 bridgehead atoms. The standard InChI is InChI=1S/C21H25N3O3/c1-5-6-12-24-18-17(8-7-11-22-18)27-21(4,20(24)26)19(25)23-16-10-9-14(2)15(3)13-16/h7-11,13H,5-6,12H2,1-4H3,(H,23,25)/t21-/m1/s1. The van der Waals surface area contributed by atoms with Gasteiger partial charge in [-0.2, -0.15) is 0 Å². The summed E-state index contributed by atoms with van der Waals surface area (Å²) in [5.41, 5.74) is 1.18. The second kappa shape index (κ2) is 7.39. The van der Waals surface area contributed by atoms with Crippen LogP contribution in [-0.4, -0.2) is 28.9 Å². The Kier molecular flexibility index (Phi) is 5.17. The second-order valence-corrected chi connectivity index (χ2v) is 7.02. The van der Waals surface area contributed by atoms with Gasteiger partial charge in [-0.25, -0.2) is 4.98 Å². The highest BCUT2D eigenvalue weighted by Gasteiger charge is 2.51. The third-order valence-corrected chi connectivity index (χ3v) is 4.91. The molecular weight excluding hydrogens is 342 g/mol. The molecule has 1 aromatic heterocycles. The molecule has 0 unspecified atom stereocenters. The molecule has 1 N–H and O–H groups in total. The number of hydrogen-bond donors (Lipinski definition) is 1. The van der Waals surface area contributed by atoms with E-state index in [1.807, 2.05) is 32.0 Å². The lowest BCUT2D eigenvalue weighted by Crippen LogP contribution is -2.61. The Labute approximate surface area is 159 Å². The topological polar surface area (TPSA) is 71.5 Å². The summed E-state index contributed by atoms with van der Waals surface area (Å²) in [6.07, 6.45) is 3.36. The van der Waals surface area contributed by atoms with Gasteiger partial charge in [-0.3, -0.25) is 14.5 Å². The van der Waals surface area contributed by atoms with E-state index in [9.17, 15) is 9.59 Å². The Morgan fingerprint density at radius 3 is 2.74 bits per heavy atom. The lowest BCUT2D eigenvalue weighted by Gasteiger charge is -2.38. The summed E-state index contributed by atoms with van der Waals surface area (Å²) in [5, 5.41) is 2.83.